The van der Waals surface area contributed by atoms with Gasteiger partial charge in [-0.3, -0.25) is 19.6 Å². The molecule has 2 aromatic rings. The van der Waals surface area contributed by atoms with Crippen LogP contribution in [0.1, 0.15) is 46.7 Å². The van der Waals surface area contributed by atoms with E-state index in [0.29, 0.717) is 12.8 Å². The van der Waals surface area contributed by atoms with E-state index in [9.17, 15) is 29.4 Å². The number of carbonyl (C=O) groups is 4. The second-order valence-electron chi connectivity index (χ2n) is 6.44. The van der Waals surface area contributed by atoms with Gasteiger partial charge in [0, 0.05) is 12.4 Å². The molecule has 30 heavy (non-hydrogen) atoms. The number of aliphatic carboxylic acids is 2. The van der Waals surface area contributed by atoms with Gasteiger partial charge in [-0.15, -0.1) is 0 Å². The molecule has 2 unspecified atom stereocenters. The molecule has 0 bridgehead atoms. The summed E-state index contributed by atoms with van der Waals surface area (Å²) in [5, 5.41) is 23.4. The molecular formula is C20H22N4O6. The van der Waals surface area contributed by atoms with E-state index in [2.05, 4.69) is 20.6 Å². The molecule has 4 N–H and O–H groups in total. The molecule has 0 aliphatic heterocycles. The van der Waals surface area contributed by atoms with Crippen molar-refractivity contribution >= 4 is 23.8 Å². The predicted octanol–water partition coefficient (Wildman–Crippen LogP) is 1.10. The van der Waals surface area contributed by atoms with E-state index in [4.69, 9.17) is 0 Å². The van der Waals surface area contributed by atoms with E-state index in [1.807, 2.05) is 0 Å². The van der Waals surface area contributed by atoms with Crippen molar-refractivity contribution in [3.8, 4) is 0 Å². The fourth-order valence-electron chi connectivity index (χ4n) is 2.67. The second kappa shape index (κ2) is 11.2. The van der Waals surface area contributed by atoms with Gasteiger partial charge < -0.3 is 20.8 Å². The summed E-state index contributed by atoms with van der Waals surface area (Å²) in [5.74, 6) is -3.60. The number of carboxylic acid groups (broad SMARTS) is 2. The number of nitrogens with one attached hydrogen (secondary N) is 2. The largest absolute Gasteiger partial charge is 0.480 e. The summed E-state index contributed by atoms with van der Waals surface area (Å²) >= 11 is 0. The molecule has 2 atom stereocenters. The maximum absolute atomic E-state index is 12.1. The average Bonchev–Trinajstić information content (AvgIpc) is 2.75. The van der Waals surface area contributed by atoms with Gasteiger partial charge in [0.1, 0.15) is 23.5 Å². The van der Waals surface area contributed by atoms with Gasteiger partial charge in [-0.25, -0.2) is 9.59 Å². The van der Waals surface area contributed by atoms with Crippen molar-refractivity contribution in [2.24, 2.45) is 0 Å². The molecular weight excluding hydrogens is 392 g/mol. The first-order valence-electron chi connectivity index (χ1n) is 9.28. The van der Waals surface area contributed by atoms with Crippen LogP contribution in [0.3, 0.4) is 0 Å². The van der Waals surface area contributed by atoms with Crippen LogP contribution in [-0.2, 0) is 9.59 Å². The molecule has 0 aliphatic carbocycles. The Balaban J connectivity index is 1.83. The Kier molecular flexibility index (Phi) is 8.42. The number of pyridine rings is 2. The summed E-state index contributed by atoms with van der Waals surface area (Å²) in [5.41, 5.74) is 0.207. The van der Waals surface area contributed by atoms with Crippen LogP contribution in [0.4, 0.5) is 0 Å². The Morgan fingerprint density at radius 1 is 0.733 bits per heavy atom. The number of amides is 2. The van der Waals surface area contributed by atoms with Crippen molar-refractivity contribution < 1.29 is 29.4 Å². The van der Waals surface area contributed by atoms with Crippen LogP contribution < -0.4 is 10.6 Å². The Morgan fingerprint density at radius 2 is 1.13 bits per heavy atom. The number of nitrogens with zero attached hydrogens (tertiary/aromatic N) is 2. The zero-order valence-corrected chi connectivity index (χ0v) is 16.0. The van der Waals surface area contributed by atoms with Crippen molar-refractivity contribution in [1.82, 2.24) is 20.6 Å². The lowest BCUT2D eigenvalue weighted by Crippen LogP contribution is -2.42. The third-order valence-corrected chi connectivity index (χ3v) is 4.24. The molecule has 158 valence electrons. The van der Waals surface area contributed by atoms with Crippen LogP contribution in [0.15, 0.2) is 48.8 Å². The van der Waals surface area contributed by atoms with Crippen LogP contribution >= 0.6 is 0 Å². The highest BCUT2D eigenvalue weighted by Crippen LogP contribution is 2.09. The standard InChI is InChI=1S/C20H22N4O6/c25-17(13-7-3-5-11-21-13)23-15(19(27)28)9-1-2-10-16(20(29)30)24-18(26)14-8-4-6-12-22-14/h3-8,11-12,15-16H,1-2,9-10H2,(H,23,25)(H,24,26)(H,27,28)(H,29,30). The van der Waals surface area contributed by atoms with Crippen molar-refractivity contribution in [2.75, 3.05) is 0 Å². The fourth-order valence-corrected chi connectivity index (χ4v) is 2.67. The Morgan fingerprint density at radius 3 is 1.43 bits per heavy atom. The summed E-state index contributed by atoms with van der Waals surface area (Å²) in [6.07, 6.45) is 3.74. The lowest BCUT2D eigenvalue weighted by Gasteiger charge is -2.16. The van der Waals surface area contributed by atoms with E-state index in [1.54, 1.807) is 24.3 Å². The first kappa shape index (κ1) is 22.5. The molecule has 2 amide bonds. The number of rotatable bonds is 11. The molecule has 0 aromatic carbocycles. The Labute approximate surface area is 172 Å². The second-order valence-corrected chi connectivity index (χ2v) is 6.44. The molecule has 0 saturated heterocycles. The molecule has 0 aliphatic rings. The lowest BCUT2D eigenvalue weighted by molar-refractivity contribution is -0.140. The minimum absolute atomic E-state index is 0.104. The summed E-state index contributed by atoms with van der Waals surface area (Å²) in [6, 6.07) is 7.17. The first-order valence-corrected chi connectivity index (χ1v) is 9.28. The number of aromatic nitrogens is 2. The maximum Gasteiger partial charge on any atom is 0.326 e. The molecule has 2 aromatic heterocycles. The van der Waals surface area contributed by atoms with E-state index < -0.39 is 35.8 Å². The summed E-state index contributed by atoms with van der Waals surface area (Å²) in [7, 11) is 0. The van der Waals surface area contributed by atoms with Crippen molar-refractivity contribution in [2.45, 2.75) is 37.8 Å². The monoisotopic (exact) mass is 414 g/mol. The van der Waals surface area contributed by atoms with Crippen molar-refractivity contribution in [3.05, 3.63) is 60.2 Å². The molecule has 0 saturated carbocycles. The minimum atomic E-state index is -1.20. The highest BCUT2D eigenvalue weighted by atomic mass is 16.4. The van der Waals surface area contributed by atoms with Gasteiger partial charge in [0.25, 0.3) is 11.8 Å². The minimum Gasteiger partial charge on any atom is -0.480 e. The number of carbonyl (C=O) groups excluding carboxylic acids is 2. The number of hydrogen-bond donors (Lipinski definition) is 4. The van der Waals surface area contributed by atoms with Crippen molar-refractivity contribution in [3.63, 3.8) is 0 Å². The van der Waals surface area contributed by atoms with Crippen LogP contribution in [0.25, 0.3) is 0 Å². The van der Waals surface area contributed by atoms with Gasteiger partial charge in [-0.2, -0.15) is 0 Å². The van der Waals surface area contributed by atoms with E-state index >= 15 is 0 Å². The van der Waals surface area contributed by atoms with Crippen LogP contribution in [0.2, 0.25) is 0 Å². The molecule has 10 nitrogen and oxygen atoms in total. The zero-order chi connectivity index (χ0) is 21.9. The first-order chi connectivity index (χ1) is 14.4. The molecule has 0 spiro atoms. The molecule has 2 heterocycles. The van der Waals surface area contributed by atoms with E-state index in [0.717, 1.165) is 0 Å². The number of carboxylic acids is 2. The molecule has 0 radical (unpaired) electrons. The summed E-state index contributed by atoms with van der Waals surface area (Å²) < 4.78 is 0. The highest BCUT2D eigenvalue weighted by Gasteiger charge is 2.23. The van der Waals surface area contributed by atoms with Crippen molar-refractivity contribution in [1.29, 1.82) is 0 Å². The topological polar surface area (TPSA) is 159 Å². The highest BCUT2D eigenvalue weighted by molar-refractivity contribution is 5.95. The van der Waals surface area contributed by atoms with E-state index in [1.165, 1.54) is 24.5 Å². The van der Waals surface area contributed by atoms with Gasteiger partial charge in [0.2, 0.25) is 0 Å². The lowest BCUT2D eigenvalue weighted by atomic mass is 10.0. The number of hydrogen-bond acceptors (Lipinski definition) is 6. The van der Waals surface area contributed by atoms with Crippen LogP contribution in [0.5, 0.6) is 0 Å². The molecule has 2 rings (SSSR count). The van der Waals surface area contributed by atoms with Gasteiger partial charge in [-0.05, 0) is 37.1 Å². The fraction of sp³-hybridized carbons (Fsp3) is 0.300. The zero-order valence-electron chi connectivity index (χ0n) is 16.0. The van der Waals surface area contributed by atoms with Gasteiger partial charge >= 0.3 is 11.9 Å². The number of unbranched alkanes of at least 4 members (excludes halogenated alkanes) is 1. The normalized spacial score (nSPS) is 12.4. The van der Waals surface area contributed by atoms with Crippen LogP contribution in [-0.4, -0.2) is 56.0 Å². The smallest absolute Gasteiger partial charge is 0.326 e. The third kappa shape index (κ3) is 6.97. The predicted molar refractivity (Wildman–Crippen MR) is 105 cm³/mol. The van der Waals surface area contributed by atoms with Gasteiger partial charge in [0.05, 0.1) is 0 Å². The average molecular weight is 414 g/mol. The Hall–Kier alpha value is -3.82. The third-order valence-electron chi connectivity index (χ3n) is 4.24. The summed E-state index contributed by atoms with van der Waals surface area (Å²) in [4.78, 5) is 54.7. The van der Waals surface area contributed by atoms with Gasteiger partial charge in [0.15, 0.2) is 0 Å². The molecule has 0 fully saturated rings. The Bertz CT molecular complexity index is 802. The quantitative estimate of drug-likeness (QED) is 0.398. The summed E-state index contributed by atoms with van der Waals surface area (Å²) in [6.45, 7) is 0. The van der Waals surface area contributed by atoms with E-state index in [-0.39, 0.29) is 24.2 Å². The van der Waals surface area contributed by atoms with Crippen LogP contribution in [0, 0.1) is 0 Å². The maximum atomic E-state index is 12.1. The molecule has 10 heteroatoms. The SMILES string of the molecule is O=C(NC(CCCCC(NC(=O)c1ccccn1)C(=O)O)C(=O)O)c1ccccn1. The van der Waals surface area contributed by atoms with Gasteiger partial charge in [-0.1, -0.05) is 25.0 Å².